The number of carbonyl (C=O) groups is 1. The highest BCUT2D eigenvalue weighted by molar-refractivity contribution is 5.82. The summed E-state index contributed by atoms with van der Waals surface area (Å²) in [7, 11) is 0. The molecule has 0 unspecified atom stereocenters. The molecule has 0 spiro atoms. The van der Waals surface area contributed by atoms with Crippen LogP contribution in [-0.4, -0.2) is 12.7 Å². The van der Waals surface area contributed by atoms with Gasteiger partial charge in [0.15, 0.2) is 0 Å². The largest absolute Gasteiger partial charge is 0.450 e. The van der Waals surface area contributed by atoms with Gasteiger partial charge in [-0.3, -0.25) is 5.32 Å². The Labute approximate surface area is 102 Å². The van der Waals surface area contributed by atoms with Crippen molar-refractivity contribution in [3.05, 3.63) is 41.5 Å². The Bertz CT molecular complexity index is 521. The zero-order chi connectivity index (χ0) is 13.5. The lowest BCUT2D eigenvalue weighted by Gasteiger charge is -2.09. The molecular formula is C12H10F2N2O2. The lowest BCUT2D eigenvalue weighted by molar-refractivity contribution is 0.157. The molecule has 0 radical (unpaired) electrons. The molecule has 18 heavy (non-hydrogen) atoms. The van der Waals surface area contributed by atoms with E-state index in [1.807, 2.05) is 0 Å². The van der Waals surface area contributed by atoms with Crippen LogP contribution in [0.1, 0.15) is 12.5 Å². The quantitative estimate of drug-likeness (QED) is 0.841. The molecule has 1 aromatic carbocycles. The summed E-state index contributed by atoms with van der Waals surface area (Å²) in [5, 5.41) is 10.8. The van der Waals surface area contributed by atoms with Gasteiger partial charge in [-0.15, -0.1) is 0 Å². The van der Waals surface area contributed by atoms with Gasteiger partial charge in [0.2, 0.25) is 0 Å². The number of nitriles is 1. The normalized spacial score (nSPS) is 10.7. The molecular weight excluding hydrogens is 242 g/mol. The summed E-state index contributed by atoms with van der Waals surface area (Å²) < 4.78 is 30.8. The highest BCUT2D eigenvalue weighted by atomic mass is 19.1. The van der Waals surface area contributed by atoms with Crippen LogP contribution in [0.4, 0.5) is 13.6 Å². The van der Waals surface area contributed by atoms with E-state index >= 15 is 0 Å². The van der Waals surface area contributed by atoms with E-state index in [0.29, 0.717) is 6.07 Å². The summed E-state index contributed by atoms with van der Waals surface area (Å²) in [5.74, 6) is -1.63. The summed E-state index contributed by atoms with van der Waals surface area (Å²) >= 11 is 0. The molecule has 1 amide bonds. The van der Waals surface area contributed by atoms with E-state index in [2.05, 4.69) is 10.1 Å². The summed E-state index contributed by atoms with van der Waals surface area (Å²) in [6, 6.07) is 4.47. The molecule has 0 heterocycles. The van der Waals surface area contributed by atoms with Crippen molar-refractivity contribution in [3.8, 4) is 6.07 Å². The first-order chi connectivity index (χ1) is 8.58. The first-order valence-corrected chi connectivity index (χ1v) is 5.07. The van der Waals surface area contributed by atoms with Crippen LogP contribution >= 0.6 is 0 Å². The van der Waals surface area contributed by atoms with Crippen LogP contribution in [0.3, 0.4) is 0 Å². The van der Waals surface area contributed by atoms with E-state index in [0.717, 1.165) is 18.2 Å². The summed E-state index contributed by atoms with van der Waals surface area (Å²) in [6.45, 7) is 1.74. The Morgan fingerprint density at radius 3 is 2.83 bits per heavy atom. The minimum atomic E-state index is -0.881. The number of ether oxygens (including phenoxy) is 1. The van der Waals surface area contributed by atoms with Crippen molar-refractivity contribution in [3.63, 3.8) is 0 Å². The molecule has 0 atom stereocenters. The number of rotatable bonds is 3. The lowest BCUT2D eigenvalue weighted by Crippen LogP contribution is -2.23. The summed E-state index contributed by atoms with van der Waals surface area (Å²) in [6.07, 6.45) is 0.121. The van der Waals surface area contributed by atoms with Crippen LogP contribution < -0.4 is 5.32 Å². The number of carbonyl (C=O) groups excluding carboxylic acids is 1. The number of hydrogen-bond donors (Lipinski definition) is 1. The maximum atomic E-state index is 13.5. The second-order valence-electron chi connectivity index (χ2n) is 3.16. The van der Waals surface area contributed by atoms with Crippen molar-refractivity contribution in [2.45, 2.75) is 6.92 Å². The first-order valence-electron chi connectivity index (χ1n) is 5.07. The highest BCUT2D eigenvalue weighted by Gasteiger charge is 2.12. The number of benzene rings is 1. The highest BCUT2D eigenvalue weighted by Crippen LogP contribution is 2.17. The van der Waals surface area contributed by atoms with Gasteiger partial charge >= 0.3 is 6.09 Å². The number of amides is 1. The molecule has 0 saturated carbocycles. The Kier molecular flexibility index (Phi) is 4.81. The molecule has 6 heteroatoms. The predicted octanol–water partition coefficient (Wildman–Crippen LogP) is 2.58. The van der Waals surface area contributed by atoms with Gasteiger partial charge in [-0.2, -0.15) is 5.26 Å². The zero-order valence-corrected chi connectivity index (χ0v) is 9.54. The molecule has 0 aliphatic rings. The molecule has 0 aliphatic heterocycles. The Morgan fingerprint density at radius 1 is 1.56 bits per heavy atom. The van der Waals surface area contributed by atoms with E-state index in [9.17, 15) is 13.6 Å². The summed E-state index contributed by atoms with van der Waals surface area (Å²) in [5.41, 5.74) is -0.181. The molecule has 0 aliphatic carbocycles. The first kappa shape index (κ1) is 13.6. The third-order valence-corrected chi connectivity index (χ3v) is 1.94. The number of nitrogens with zero attached hydrogens (tertiary/aromatic N) is 1. The van der Waals surface area contributed by atoms with Crippen LogP contribution in [0.25, 0.3) is 5.70 Å². The number of hydrogen-bond acceptors (Lipinski definition) is 3. The predicted molar refractivity (Wildman–Crippen MR) is 60.1 cm³/mol. The molecule has 1 rings (SSSR count). The monoisotopic (exact) mass is 252 g/mol. The van der Waals surface area contributed by atoms with Crippen LogP contribution in [0.2, 0.25) is 0 Å². The fourth-order valence-electron chi connectivity index (χ4n) is 1.23. The van der Waals surface area contributed by atoms with E-state index in [4.69, 9.17) is 5.26 Å². The van der Waals surface area contributed by atoms with Gasteiger partial charge in [0.05, 0.1) is 18.4 Å². The molecule has 0 fully saturated rings. The van der Waals surface area contributed by atoms with Crippen LogP contribution in [0.5, 0.6) is 0 Å². The van der Waals surface area contributed by atoms with E-state index in [1.165, 1.54) is 0 Å². The van der Waals surface area contributed by atoms with Crippen LogP contribution in [-0.2, 0) is 4.74 Å². The van der Waals surface area contributed by atoms with Crippen molar-refractivity contribution in [1.29, 1.82) is 5.26 Å². The SMILES string of the molecule is CCOC(=O)NC(=CC#N)c1ccc(F)cc1F. The van der Waals surface area contributed by atoms with Gasteiger partial charge in [0.1, 0.15) is 11.6 Å². The average Bonchev–Trinajstić information content (AvgIpc) is 2.29. The van der Waals surface area contributed by atoms with E-state index in [1.54, 1.807) is 13.0 Å². The average molecular weight is 252 g/mol. The van der Waals surface area contributed by atoms with Gasteiger partial charge in [-0.05, 0) is 19.1 Å². The number of alkyl carbamates (subject to hydrolysis) is 1. The number of halogens is 2. The smallest absolute Gasteiger partial charge is 0.411 e. The van der Waals surface area contributed by atoms with E-state index in [-0.39, 0.29) is 17.9 Å². The van der Waals surface area contributed by atoms with Gasteiger partial charge in [-0.25, -0.2) is 13.6 Å². The number of allylic oxidation sites excluding steroid dienone is 1. The van der Waals surface area contributed by atoms with Crippen LogP contribution in [0.15, 0.2) is 24.3 Å². The fraction of sp³-hybridized carbons (Fsp3) is 0.167. The standard InChI is InChI=1S/C12H10F2N2O2/c1-2-18-12(17)16-11(5-6-15)9-4-3-8(13)7-10(9)14/h3-5,7H,2H2,1H3,(H,16,17). The molecule has 4 nitrogen and oxygen atoms in total. The molecule has 0 bridgehead atoms. The van der Waals surface area contributed by atoms with Crippen LogP contribution in [0, 0.1) is 23.0 Å². The molecule has 0 saturated heterocycles. The molecule has 1 N–H and O–H groups in total. The maximum absolute atomic E-state index is 13.5. The Morgan fingerprint density at radius 2 is 2.28 bits per heavy atom. The van der Waals surface area contributed by atoms with Crippen molar-refractivity contribution >= 4 is 11.8 Å². The fourth-order valence-corrected chi connectivity index (χ4v) is 1.23. The minimum absolute atomic E-state index is 0.0894. The van der Waals surface area contributed by atoms with E-state index < -0.39 is 17.7 Å². The van der Waals surface area contributed by atoms with Gasteiger partial charge in [-0.1, -0.05) is 0 Å². The Hall–Kier alpha value is -2.42. The lowest BCUT2D eigenvalue weighted by atomic mass is 10.1. The second-order valence-corrected chi connectivity index (χ2v) is 3.16. The summed E-state index contributed by atoms with van der Waals surface area (Å²) in [4.78, 5) is 11.2. The third-order valence-electron chi connectivity index (χ3n) is 1.94. The molecule has 1 aromatic rings. The zero-order valence-electron chi connectivity index (χ0n) is 9.54. The molecule has 94 valence electrons. The topological polar surface area (TPSA) is 62.1 Å². The maximum Gasteiger partial charge on any atom is 0.411 e. The van der Waals surface area contributed by atoms with Gasteiger partial charge in [0.25, 0.3) is 0 Å². The van der Waals surface area contributed by atoms with Crippen molar-refractivity contribution < 1.29 is 18.3 Å². The van der Waals surface area contributed by atoms with Gasteiger partial charge in [0, 0.05) is 17.7 Å². The second kappa shape index (κ2) is 6.35. The third kappa shape index (κ3) is 3.56. The Balaban J connectivity index is 3.03. The van der Waals surface area contributed by atoms with Gasteiger partial charge < -0.3 is 4.74 Å². The number of nitrogens with one attached hydrogen (secondary N) is 1. The van der Waals surface area contributed by atoms with Crippen molar-refractivity contribution in [1.82, 2.24) is 5.32 Å². The minimum Gasteiger partial charge on any atom is -0.450 e. The van der Waals surface area contributed by atoms with Crippen molar-refractivity contribution in [2.75, 3.05) is 6.61 Å². The van der Waals surface area contributed by atoms with Crippen molar-refractivity contribution in [2.24, 2.45) is 0 Å². The molecule has 0 aromatic heterocycles.